The summed E-state index contributed by atoms with van der Waals surface area (Å²) in [5, 5.41) is 3.00. The molecule has 1 aromatic carbocycles. The first-order valence-electron chi connectivity index (χ1n) is 6.24. The van der Waals surface area contributed by atoms with Gasteiger partial charge in [-0.05, 0) is 6.07 Å². The van der Waals surface area contributed by atoms with E-state index in [9.17, 15) is 4.79 Å². The number of hydrogen-bond donors (Lipinski definition) is 1. The molecule has 0 radical (unpaired) electrons. The van der Waals surface area contributed by atoms with Crippen LogP contribution < -0.4 is 5.69 Å². The highest BCUT2D eigenvalue weighted by atomic mass is 16.1. The van der Waals surface area contributed by atoms with Gasteiger partial charge in [-0.1, -0.05) is 32.9 Å². The van der Waals surface area contributed by atoms with Crippen LogP contribution >= 0.6 is 0 Å². The van der Waals surface area contributed by atoms with Gasteiger partial charge in [-0.3, -0.25) is 4.98 Å². The molecule has 0 aliphatic heterocycles. The average Bonchev–Trinajstić information content (AvgIpc) is 2.36. The Balaban J connectivity index is 2.55. The van der Waals surface area contributed by atoms with Gasteiger partial charge in [-0.2, -0.15) is 4.98 Å². The fourth-order valence-corrected chi connectivity index (χ4v) is 2.37. The number of pyridine rings is 1. The second-order valence-electron chi connectivity index (χ2n) is 5.73. The zero-order valence-electron chi connectivity index (χ0n) is 11.2. The summed E-state index contributed by atoms with van der Waals surface area (Å²) in [5.41, 5.74) is 1.18. The van der Waals surface area contributed by atoms with Crippen molar-refractivity contribution in [1.82, 2.24) is 15.0 Å². The fraction of sp³-hybridized carbons (Fsp3) is 0.267. The Morgan fingerprint density at radius 2 is 1.89 bits per heavy atom. The van der Waals surface area contributed by atoms with Crippen molar-refractivity contribution < 1.29 is 0 Å². The van der Waals surface area contributed by atoms with Gasteiger partial charge in [-0.15, -0.1) is 0 Å². The summed E-state index contributed by atoms with van der Waals surface area (Å²) in [6.45, 7) is 6.18. The maximum absolute atomic E-state index is 11.8. The molecule has 0 atom stereocenters. The Morgan fingerprint density at radius 1 is 1.11 bits per heavy atom. The second kappa shape index (κ2) is 3.88. The van der Waals surface area contributed by atoms with E-state index < -0.39 is 0 Å². The second-order valence-corrected chi connectivity index (χ2v) is 5.73. The molecular formula is C15H15N3O. The van der Waals surface area contributed by atoms with Crippen LogP contribution in [-0.2, 0) is 5.41 Å². The van der Waals surface area contributed by atoms with Crippen molar-refractivity contribution >= 4 is 21.7 Å². The molecule has 0 saturated heterocycles. The fourth-order valence-electron chi connectivity index (χ4n) is 2.37. The van der Waals surface area contributed by atoms with Crippen LogP contribution in [0.25, 0.3) is 21.7 Å². The summed E-state index contributed by atoms with van der Waals surface area (Å²) in [6.07, 6.45) is 3.53. The number of nitrogens with one attached hydrogen (secondary N) is 1. The van der Waals surface area contributed by atoms with E-state index in [0.29, 0.717) is 0 Å². The third kappa shape index (κ3) is 1.89. The minimum absolute atomic E-state index is 0.173. The molecule has 3 rings (SSSR count). The lowest BCUT2D eigenvalue weighted by Crippen LogP contribution is -2.22. The molecule has 0 spiro atoms. The molecule has 19 heavy (non-hydrogen) atoms. The predicted molar refractivity (Wildman–Crippen MR) is 76.4 cm³/mol. The van der Waals surface area contributed by atoms with Crippen molar-refractivity contribution in [2.24, 2.45) is 0 Å². The number of H-pyrrole nitrogens is 1. The lowest BCUT2D eigenvalue weighted by Gasteiger charge is -2.19. The topological polar surface area (TPSA) is 58.6 Å². The molecule has 1 N–H and O–H groups in total. The zero-order chi connectivity index (χ0) is 13.6. The number of aromatic nitrogens is 3. The molecule has 0 fully saturated rings. The van der Waals surface area contributed by atoms with Gasteiger partial charge in [0.15, 0.2) is 0 Å². The molecule has 0 aliphatic rings. The summed E-state index contributed by atoms with van der Waals surface area (Å²) >= 11 is 0. The lowest BCUT2D eigenvalue weighted by atomic mass is 9.88. The van der Waals surface area contributed by atoms with Crippen molar-refractivity contribution in [2.75, 3.05) is 0 Å². The highest BCUT2D eigenvalue weighted by Gasteiger charge is 2.20. The van der Waals surface area contributed by atoms with Gasteiger partial charge < -0.3 is 4.98 Å². The highest BCUT2D eigenvalue weighted by molar-refractivity contribution is 6.05. The first kappa shape index (κ1) is 11.8. The van der Waals surface area contributed by atoms with E-state index >= 15 is 0 Å². The Kier molecular flexibility index (Phi) is 2.42. The maximum atomic E-state index is 11.8. The van der Waals surface area contributed by atoms with Crippen LogP contribution in [0.15, 0.2) is 35.4 Å². The molecule has 3 aromatic rings. The van der Waals surface area contributed by atoms with E-state index in [4.69, 9.17) is 0 Å². The minimum atomic E-state index is -0.304. The Bertz CT molecular complexity index is 828. The van der Waals surface area contributed by atoms with Crippen molar-refractivity contribution in [3.63, 3.8) is 0 Å². The van der Waals surface area contributed by atoms with E-state index in [1.165, 1.54) is 0 Å². The van der Waals surface area contributed by atoms with Crippen LogP contribution in [-0.4, -0.2) is 15.0 Å². The SMILES string of the molecule is CC(C)(C)c1nc(=O)[nH]c2c1ccc1cnccc12. The third-order valence-corrected chi connectivity index (χ3v) is 3.23. The van der Waals surface area contributed by atoms with Crippen molar-refractivity contribution in [2.45, 2.75) is 26.2 Å². The van der Waals surface area contributed by atoms with Gasteiger partial charge in [0.05, 0.1) is 11.2 Å². The Hall–Kier alpha value is -2.23. The van der Waals surface area contributed by atoms with Gasteiger partial charge >= 0.3 is 5.69 Å². The van der Waals surface area contributed by atoms with Crippen LogP contribution in [0.1, 0.15) is 26.5 Å². The smallest absolute Gasteiger partial charge is 0.305 e. The van der Waals surface area contributed by atoms with Crippen LogP contribution in [0.5, 0.6) is 0 Å². The molecule has 0 amide bonds. The minimum Gasteiger partial charge on any atom is -0.305 e. The van der Waals surface area contributed by atoms with Crippen molar-refractivity contribution in [1.29, 1.82) is 0 Å². The number of benzene rings is 1. The maximum Gasteiger partial charge on any atom is 0.345 e. The van der Waals surface area contributed by atoms with E-state index in [1.54, 1.807) is 12.4 Å². The predicted octanol–water partition coefficient (Wildman–Crippen LogP) is 2.77. The summed E-state index contributed by atoms with van der Waals surface area (Å²) < 4.78 is 0. The van der Waals surface area contributed by atoms with E-state index in [-0.39, 0.29) is 11.1 Å². The summed E-state index contributed by atoms with van der Waals surface area (Å²) in [7, 11) is 0. The molecule has 0 aliphatic carbocycles. The number of rotatable bonds is 0. The molecule has 0 unspecified atom stereocenters. The zero-order valence-corrected chi connectivity index (χ0v) is 11.2. The standard InChI is InChI=1S/C15H15N3O/c1-15(2,3)13-11-5-4-9-8-16-7-6-10(9)12(11)17-14(19)18-13/h4-8H,1-3H3,(H,17,18,19). The quantitative estimate of drug-likeness (QED) is 0.627. The third-order valence-electron chi connectivity index (χ3n) is 3.23. The highest BCUT2D eigenvalue weighted by Crippen LogP contribution is 2.29. The summed E-state index contributed by atoms with van der Waals surface area (Å²) in [4.78, 5) is 22.9. The molecule has 0 bridgehead atoms. The molecule has 2 heterocycles. The normalized spacial score (nSPS) is 12.2. The summed E-state index contributed by atoms with van der Waals surface area (Å²) in [5.74, 6) is 0. The van der Waals surface area contributed by atoms with Crippen molar-refractivity contribution in [3.05, 3.63) is 46.8 Å². The number of aromatic amines is 1. The Labute approximate surface area is 110 Å². The van der Waals surface area contributed by atoms with Gasteiger partial charge in [-0.25, -0.2) is 4.79 Å². The first-order valence-corrected chi connectivity index (χ1v) is 6.24. The van der Waals surface area contributed by atoms with E-state index in [0.717, 1.165) is 27.4 Å². The van der Waals surface area contributed by atoms with Crippen LogP contribution in [0.4, 0.5) is 0 Å². The van der Waals surface area contributed by atoms with Gasteiger partial charge in [0.1, 0.15) is 0 Å². The number of nitrogens with zero attached hydrogens (tertiary/aromatic N) is 2. The lowest BCUT2D eigenvalue weighted by molar-refractivity contribution is 0.571. The monoisotopic (exact) mass is 253 g/mol. The molecule has 96 valence electrons. The average molecular weight is 253 g/mol. The van der Waals surface area contributed by atoms with Crippen LogP contribution in [0.3, 0.4) is 0 Å². The van der Waals surface area contributed by atoms with Gasteiger partial charge in [0, 0.05) is 34.0 Å². The largest absolute Gasteiger partial charge is 0.345 e. The van der Waals surface area contributed by atoms with Gasteiger partial charge in [0.2, 0.25) is 0 Å². The molecule has 4 nitrogen and oxygen atoms in total. The van der Waals surface area contributed by atoms with Crippen LogP contribution in [0.2, 0.25) is 0 Å². The van der Waals surface area contributed by atoms with Crippen molar-refractivity contribution in [3.8, 4) is 0 Å². The van der Waals surface area contributed by atoms with E-state index in [2.05, 4.69) is 35.7 Å². The molecule has 0 saturated carbocycles. The first-order chi connectivity index (χ1) is 8.97. The number of fused-ring (bicyclic) bond motifs is 3. The molecule has 4 heteroatoms. The Morgan fingerprint density at radius 3 is 2.63 bits per heavy atom. The summed E-state index contributed by atoms with van der Waals surface area (Å²) in [6, 6.07) is 5.93. The molecule has 2 aromatic heterocycles. The van der Waals surface area contributed by atoms with E-state index in [1.807, 2.05) is 18.2 Å². The van der Waals surface area contributed by atoms with Crippen LogP contribution in [0, 0.1) is 0 Å². The number of hydrogen-bond acceptors (Lipinski definition) is 3. The van der Waals surface area contributed by atoms with Gasteiger partial charge in [0.25, 0.3) is 0 Å². The molecular weight excluding hydrogens is 238 g/mol.